The zero-order valence-corrected chi connectivity index (χ0v) is 18.9. The van der Waals surface area contributed by atoms with Crippen LogP contribution in [-0.4, -0.2) is 58.4 Å². The highest BCUT2D eigenvalue weighted by Gasteiger charge is 2.29. The first-order valence-electron chi connectivity index (χ1n) is 9.82. The molecular weight excluding hydrogens is 414 g/mol. The Morgan fingerprint density at radius 2 is 1.72 bits per heavy atom. The summed E-state index contributed by atoms with van der Waals surface area (Å²) in [7, 11) is 2.75. The van der Waals surface area contributed by atoms with Crippen LogP contribution in [0, 0.1) is 6.92 Å². The minimum atomic E-state index is -0.785. The molecule has 0 unspecified atom stereocenters. The molecule has 0 aliphatic rings. The molecule has 0 saturated carbocycles. The van der Waals surface area contributed by atoms with Crippen LogP contribution in [0.15, 0.2) is 30.9 Å². The van der Waals surface area contributed by atoms with E-state index in [1.807, 2.05) is 6.92 Å². The molecule has 168 valence electrons. The number of aromatic nitrogens is 4. The number of amides is 1. The first-order valence-corrected chi connectivity index (χ1v) is 9.82. The van der Waals surface area contributed by atoms with Crippen molar-refractivity contribution in [3.8, 4) is 17.1 Å². The van der Waals surface area contributed by atoms with Crippen LogP contribution in [0.1, 0.15) is 26.3 Å². The fourth-order valence-electron chi connectivity index (χ4n) is 2.90. The lowest BCUT2D eigenvalue weighted by Crippen LogP contribution is -2.41. The lowest BCUT2D eigenvalue weighted by Gasteiger charge is -2.26. The van der Waals surface area contributed by atoms with Crippen molar-refractivity contribution in [1.82, 2.24) is 19.9 Å². The average Bonchev–Trinajstić information content (AvgIpc) is 2.75. The Balaban J connectivity index is 2.21. The summed E-state index contributed by atoms with van der Waals surface area (Å²) in [6, 6.07) is 3.49. The monoisotopic (exact) mass is 439 g/mol. The molecule has 0 atom stereocenters. The second-order valence-electron chi connectivity index (χ2n) is 8.00. The maximum Gasteiger partial charge on any atom is 0.416 e. The summed E-state index contributed by atoms with van der Waals surface area (Å²) in [5.74, 6) is 0.435. The first-order chi connectivity index (χ1) is 15.1. The molecule has 10 heteroatoms. The molecule has 1 aromatic carbocycles. The van der Waals surface area contributed by atoms with E-state index in [9.17, 15) is 9.59 Å². The van der Waals surface area contributed by atoms with Gasteiger partial charge in [0, 0.05) is 23.3 Å². The van der Waals surface area contributed by atoms with Gasteiger partial charge in [0.15, 0.2) is 5.82 Å². The van der Waals surface area contributed by atoms with Gasteiger partial charge in [-0.25, -0.2) is 29.6 Å². The molecule has 0 aliphatic carbocycles. The van der Waals surface area contributed by atoms with Crippen molar-refractivity contribution in [3.63, 3.8) is 0 Å². The molecule has 0 bridgehead atoms. The highest BCUT2D eigenvalue weighted by Crippen LogP contribution is 2.34. The molecule has 0 spiro atoms. The number of methoxy groups -OCH3 is 2. The largest absolute Gasteiger partial charge is 0.494 e. The van der Waals surface area contributed by atoms with Crippen LogP contribution in [0.3, 0.4) is 0 Å². The molecule has 0 radical (unpaired) electrons. The number of aryl methyl sites for hydroxylation is 1. The molecule has 0 fully saturated rings. The van der Waals surface area contributed by atoms with Crippen LogP contribution in [-0.2, 0) is 14.3 Å². The molecule has 10 nitrogen and oxygen atoms in total. The SMILES string of the molecule is COC(=O)CN(C(=O)OC(C)(C)C)c1ncnc2c(OC)cc(-c3ncc(C)cn3)cc12. The predicted molar refractivity (Wildman–Crippen MR) is 117 cm³/mol. The Morgan fingerprint density at radius 1 is 1.03 bits per heavy atom. The Hall–Kier alpha value is -3.82. The summed E-state index contributed by atoms with van der Waals surface area (Å²) in [4.78, 5) is 43.5. The topological polar surface area (TPSA) is 117 Å². The molecule has 0 aliphatic heterocycles. The minimum Gasteiger partial charge on any atom is -0.494 e. The Bertz CT molecular complexity index is 1140. The Morgan fingerprint density at radius 3 is 2.31 bits per heavy atom. The zero-order chi connectivity index (χ0) is 23.5. The second-order valence-corrected chi connectivity index (χ2v) is 8.00. The van der Waals surface area contributed by atoms with Crippen molar-refractivity contribution < 1.29 is 23.8 Å². The van der Waals surface area contributed by atoms with Gasteiger partial charge in [-0.15, -0.1) is 0 Å². The van der Waals surface area contributed by atoms with Crippen LogP contribution in [0.25, 0.3) is 22.3 Å². The number of rotatable bonds is 5. The summed E-state index contributed by atoms with van der Waals surface area (Å²) >= 11 is 0. The molecule has 1 amide bonds. The van der Waals surface area contributed by atoms with E-state index in [0.29, 0.717) is 28.0 Å². The highest BCUT2D eigenvalue weighted by atomic mass is 16.6. The number of carbonyl (C=O) groups is 2. The molecule has 32 heavy (non-hydrogen) atoms. The first kappa shape index (κ1) is 22.9. The van der Waals surface area contributed by atoms with Crippen molar-refractivity contribution in [2.45, 2.75) is 33.3 Å². The zero-order valence-electron chi connectivity index (χ0n) is 18.9. The van der Waals surface area contributed by atoms with Gasteiger partial charge in [-0.2, -0.15) is 0 Å². The fraction of sp³-hybridized carbons (Fsp3) is 0.364. The molecule has 3 rings (SSSR count). The molecule has 3 aromatic rings. The van der Waals surface area contributed by atoms with Gasteiger partial charge in [0.2, 0.25) is 0 Å². The second kappa shape index (κ2) is 9.13. The van der Waals surface area contributed by atoms with Crippen molar-refractivity contribution >= 4 is 28.8 Å². The van der Waals surface area contributed by atoms with E-state index >= 15 is 0 Å². The quantitative estimate of drug-likeness (QED) is 0.552. The summed E-state index contributed by atoms with van der Waals surface area (Å²) in [6.07, 6.45) is 3.94. The summed E-state index contributed by atoms with van der Waals surface area (Å²) in [5, 5.41) is 0.459. The average molecular weight is 439 g/mol. The summed E-state index contributed by atoms with van der Waals surface area (Å²) < 4.78 is 15.8. The summed E-state index contributed by atoms with van der Waals surface area (Å²) in [6.45, 7) is 6.69. The number of esters is 1. The normalized spacial score (nSPS) is 11.2. The minimum absolute atomic E-state index is 0.168. The third-order valence-electron chi connectivity index (χ3n) is 4.33. The van der Waals surface area contributed by atoms with Gasteiger partial charge < -0.3 is 14.2 Å². The predicted octanol–water partition coefficient (Wildman–Crippen LogP) is 3.32. The number of fused-ring (bicyclic) bond motifs is 1. The van der Waals surface area contributed by atoms with E-state index in [4.69, 9.17) is 14.2 Å². The van der Waals surface area contributed by atoms with Crippen molar-refractivity contribution in [1.29, 1.82) is 0 Å². The number of hydrogen-bond donors (Lipinski definition) is 0. The van der Waals surface area contributed by atoms with Gasteiger partial charge in [0.25, 0.3) is 0 Å². The number of hydrogen-bond acceptors (Lipinski definition) is 9. The van der Waals surface area contributed by atoms with Gasteiger partial charge in [-0.05, 0) is 45.4 Å². The van der Waals surface area contributed by atoms with Crippen molar-refractivity contribution in [2.24, 2.45) is 0 Å². The van der Waals surface area contributed by atoms with Crippen LogP contribution >= 0.6 is 0 Å². The van der Waals surface area contributed by atoms with Gasteiger partial charge in [-0.1, -0.05) is 0 Å². The van der Waals surface area contributed by atoms with E-state index in [-0.39, 0.29) is 5.82 Å². The van der Waals surface area contributed by atoms with E-state index < -0.39 is 24.2 Å². The standard InChI is InChI=1S/C22H25N5O5/c1-13-9-23-19(24-10-13)14-7-15-18(16(8-14)30-5)25-12-26-20(15)27(11-17(28)31-6)21(29)32-22(2,3)4/h7-10,12H,11H2,1-6H3. The lowest BCUT2D eigenvalue weighted by molar-refractivity contribution is -0.139. The molecule has 0 N–H and O–H groups in total. The van der Waals surface area contributed by atoms with Crippen LogP contribution < -0.4 is 9.64 Å². The van der Waals surface area contributed by atoms with E-state index in [0.717, 1.165) is 10.5 Å². The Labute approximate surface area is 185 Å². The summed E-state index contributed by atoms with van der Waals surface area (Å²) in [5.41, 5.74) is 1.21. The number of ether oxygens (including phenoxy) is 3. The van der Waals surface area contributed by atoms with Crippen molar-refractivity contribution in [2.75, 3.05) is 25.7 Å². The molecule has 0 saturated heterocycles. The number of nitrogens with zero attached hydrogens (tertiary/aromatic N) is 5. The molecule has 2 aromatic heterocycles. The maximum absolute atomic E-state index is 13.0. The third kappa shape index (κ3) is 5.08. The van der Waals surface area contributed by atoms with Crippen molar-refractivity contribution in [3.05, 3.63) is 36.4 Å². The number of anilines is 1. The van der Waals surface area contributed by atoms with Crippen LogP contribution in [0.5, 0.6) is 5.75 Å². The fourth-order valence-corrected chi connectivity index (χ4v) is 2.90. The van der Waals surface area contributed by atoms with E-state index in [1.165, 1.54) is 20.5 Å². The number of benzene rings is 1. The number of carbonyl (C=O) groups excluding carboxylic acids is 2. The van der Waals surface area contributed by atoms with Gasteiger partial charge >= 0.3 is 12.1 Å². The molecular formula is C22H25N5O5. The lowest BCUT2D eigenvalue weighted by atomic mass is 10.1. The van der Waals surface area contributed by atoms with Gasteiger partial charge in [0.05, 0.1) is 14.2 Å². The van der Waals surface area contributed by atoms with Crippen LogP contribution in [0.2, 0.25) is 0 Å². The Kier molecular flexibility index (Phi) is 6.52. The smallest absolute Gasteiger partial charge is 0.416 e. The van der Waals surface area contributed by atoms with Gasteiger partial charge in [0.1, 0.15) is 35.6 Å². The highest BCUT2D eigenvalue weighted by molar-refractivity contribution is 6.03. The van der Waals surface area contributed by atoms with E-state index in [2.05, 4.69) is 19.9 Å². The third-order valence-corrected chi connectivity index (χ3v) is 4.33. The van der Waals surface area contributed by atoms with Crippen LogP contribution in [0.4, 0.5) is 10.6 Å². The molecule has 2 heterocycles. The van der Waals surface area contributed by atoms with E-state index in [1.54, 1.807) is 45.3 Å². The van der Waals surface area contributed by atoms with Gasteiger partial charge in [-0.3, -0.25) is 4.79 Å². The maximum atomic E-state index is 13.0.